The van der Waals surface area contributed by atoms with E-state index in [9.17, 15) is 9.59 Å². The molecule has 0 unspecified atom stereocenters. The second kappa shape index (κ2) is 7.24. The van der Waals surface area contributed by atoms with Crippen LogP contribution in [0.2, 0.25) is 0 Å². The predicted molar refractivity (Wildman–Crippen MR) is 79.7 cm³/mol. The number of carbonyl (C=O) groups is 2. The Labute approximate surface area is 123 Å². The van der Waals surface area contributed by atoms with Gasteiger partial charge in [0.15, 0.2) is 0 Å². The van der Waals surface area contributed by atoms with Gasteiger partial charge < -0.3 is 10.4 Å². The lowest BCUT2D eigenvalue weighted by molar-refractivity contribution is -0.137. The highest BCUT2D eigenvalue weighted by molar-refractivity contribution is 5.80. The first kappa shape index (κ1) is 14.8. The molecule has 1 amide bonds. The summed E-state index contributed by atoms with van der Waals surface area (Å²) in [4.78, 5) is 23.0. The molecule has 2 aromatic carbocycles. The van der Waals surface area contributed by atoms with Gasteiger partial charge in [0, 0.05) is 0 Å². The van der Waals surface area contributed by atoms with E-state index in [0.29, 0.717) is 0 Å². The maximum absolute atomic E-state index is 12.1. The van der Waals surface area contributed by atoms with Crippen LogP contribution in [0.5, 0.6) is 0 Å². The minimum Gasteiger partial charge on any atom is -0.481 e. The summed E-state index contributed by atoms with van der Waals surface area (Å²) in [5.74, 6) is -1.12. The van der Waals surface area contributed by atoms with E-state index >= 15 is 0 Å². The Hall–Kier alpha value is -2.62. The van der Waals surface area contributed by atoms with Gasteiger partial charge in [0.05, 0.1) is 18.9 Å². The van der Waals surface area contributed by atoms with E-state index in [1.54, 1.807) is 0 Å². The molecular weight excluding hydrogens is 266 g/mol. The van der Waals surface area contributed by atoms with E-state index in [2.05, 4.69) is 5.32 Å². The Morgan fingerprint density at radius 2 is 1.52 bits per heavy atom. The smallest absolute Gasteiger partial charge is 0.305 e. The lowest BCUT2D eigenvalue weighted by Gasteiger charge is -2.17. The van der Waals surface area contributed by atoms with Crippen LogP contribution in [0.1, 0.15) is 23.6 Å². The Morgan fingerprint density at radius 1 is 0.952 bits per heavy atom. The van der Waals surface area contributed by atoms with Crippen molar-refractivity contribution in [3.8, 4) is 0 Å². The summed E-state index contributed by atoms with van der Waals surface area (Å²) in [5, 5.41) is 11.8. The van der Waals surface area contributed by atoms with E-state index in [1.807, 2.05) is 60.7 Å². The minimum atomic E-state index is -0.941. The molecule has 1 atom stereocenters. The first-order valence-corrected chi connectivity index (χ1v) is 6.75. The van der Waals surface area contributed by atoms with Crippen molar-refractivity contribution in [2.45, 2.75) is 18.9 Å². The summed E-state index contributed by atoms with van der Waals surface area (Å²) in [7, 11) is 0. The van der Waals surface area contributed by atoms with Crippen LogP contribution < -0.4 is 5.32 Å². The zero-order valence-electron chi connectivity index (χ0n) is 11.5. The fourth-order valence-corrected chi connectivity index (χ4v) is 2.14. The lowest BCUT2D eigenvalue weighted by Crippen LogP contribution is -2.31. The number of carboxylic acids is 1. The van der Waals surface area contributed by atoms with Crippen molar-refractivity contribution in [3.05, 3.63) is 71.8 Å². The average Bonchev–Trinajstić information content (AvgIpc) is 2.48. The van der Waals surface area contributed by atoms with Crippen LogP contribution in [0.4, 0.5) is 0 Å². The van der Waals surface area contributed by atoms with Crippen molar-refractivity contribution >= 4 is 11.9 Å². The molecule has 0 saturated heterocycles. The maximum atomic E-state index is 12.1. The molecule has 0 aliphatic heterocycles. The summed E-state index contributed by atoms with van der Waals surface area (Å²) >= 11 is 0. The fourth-order valence-electron chi connectivity index (χ4n) is 2.14. The number of carboxylic acid groups (broad SMARTS) is 1. The van der Waals surface area contributed by atoms with Crippen LogP contribution >= 0.6 is 0 Å². The van der Waals surface area contributed by atoms with Gasteiger partial charge in [-0.25, -0.2) is 0 Å². The van der Waals surface area contributed by atoms with Gasteiger partial charge in [-0.1, -0.05) is 60.7 Å². The SMILES string of the molecule is O=C(O)C[C@H](NC(=O)Cc1ccccc1)c1ccccc1. The Bertz CT molecular complexity index is 596. The maximum Gasteiger partial charge on any atom is 0.305 e. The molecule has 2 rings (SSSR count). The monoisotopic (exact) mass is 283 g/mol. The first-order chi connectivity index (χ1) is 10.1. The number of hydrogen-bond acceptors (Lipinski definition) is 2. The van der Waals surface area contributed by atoms with Crippen molar-refractivity contribution in [2.75, 3.05) is 0 Å². The van der Waals surface area contributed by atoms with Gasteiger partial charge in [0.25, 0.3) is 0 Å². The zero-order valence-corrected chi connectivity index (χ0v) is 11.5. The quantitative estimate of drug-likeness (QED) is 0.856. The van der Waals surface area contributed by atoms with Gasteiger partial charge in [0.2, 0.25) is 5.91 Å². The summed E-state index contributed by atoms with van der Waals surface area (Å²) in [6, 6.07) is 18.0. The first-order valence-electron chi connectivity index (χ1n) is 6.75. The van der Waals surface area contributed by atoms with E-state index in [1.165, 1.54) is 0 Å². The van der Waals surface area contributed by atoms with Crippen molar-refractivity contribution in [2.24, 2.45) is 0 Å². The fraction of sp³-hybridized carbons (Fsp3) is 0.176. The van der Waals surface area contributed by atoms with Crippen LogP contribution in [0.15, 0.2) is 60.7 Å². The third-order valence-electron chi connectivity index (χ3n) is 3.12. The van der Waals surface area contributed by atoms with Gasteiger partial charge in [-0.2, -0.15) is 0 Å². The van der Waals surface area contributed by atoms with Gasteiger partial charge in [-0.05, 0) is 11.1 Å². The van der Waals surface area contributed by atoms with Gasteiger partial charge in [-0.15, -0.1) is 0 Å². The third-order valence-corrected chi connectivity index (χ3v) is 3.12. The number of nitrogens with one attached hydrogen (secondary N) is 1. The summed E-state index contributed by atoms with van der Waals surface area (Å²) in [5.41, 5.74) is 1.69. The molecule has 4 heteroatoms. The molecule has 0 fully saturated rings. The number of aliphatic carboxylic acids is 1. The zero-order chi connectivity index (χ0) is 15.1. The Morgan fingerprint density at radius 3 is 2.10 bits per heavy atom. The number of hydrogen-bond donors (Lipinski definition) is 2. The number of benzene rings is 2. The van der Waals surface area contributed by atoms with Gasteiger partial charge in [0.1, 0.15) is 0 Å². The van der Waals surface area contributed by atoms with Crippen molar-refractivity contribution in [3.63, 3.8) is 0 Å². The molecule has 21 heavy (non-hydrogen) atoms. The number of carbonyl (C=O) groups excluding carboxylic acids is 1. The molecule has 0 heterocycles. The van der Waals surface area contributed by atoms with E-state index in [0.717, 1.165) is 11.1 Å². The molecule has 0 aromatic heterocycles. The van der Waals surface area contributed by atoms with E-state index < -0.39 is 12.0 Å². The second-order valence-electron chi connectivity index (χ2n) is 4.79. The summed E-state index contributed by atoms with van der Waals surface area (Å²) in [6.07, 6.45) is 0.105. The Balaban J connectivity index is 2.05. The Kier molecular flexibility index (Phi) is 5.10. The topological polar surface area (TPSA) is 66.4 Å². The van der Waals surface area contributed by atoms with Crippen molar-refractivity contribution in [1.29, 1.82) is 0 Å². The molecule has 0 aliphatic carbocycles. The minimum absolute atomic E-state index is 0.134. The molecule has 2 N–H and O–H groups in total. The highest BCUT2D eigenvalue weighted by Gasteiger charge is 2.17. The molecule has 0 aliphatic rings. The third kappa shape index (κ3) is 4.76. The molecule has 0 saturated carbocycles. The highest BCUT2D eigenvalue weighted by Crippen LogP contribution is 2.16. The lowest BCUT2D eigenvalue weighted by atomic mass is 10.0. The van der Waals surface area contributed by atoms with Crippen LogP contribution in [-0.2, 0) is 16.0 Å². The molecule has 0 bridgehead atoms. The molecule has 4 nitrogen and oxygen atoms in total. The van der Waals surface area contributed by atoms with Crippen LogP contribution in [0.25, 0.3) is 0 Å². The standard InChI is InChI=1S/C17H17NO3/c19-16(11-13-7-3-1-4-8-13)18-15(12-17(20)21)14-9-5-2-6-10-14/h1-10,15H,11-12H2,(H,18,19)(H,20,21)/t15-/m0/s1. The average molecular weight is 283 g/mol. The van der Waals surface area contributed by atoms with Gasteiger partial charge >= 0.3 is 5.97 Å². The predicted octanol–water partition coefficient (Wildman–Crippen LogP) is 2.56. The largest absolute Gasteiger partial charge is 0.481 e. The van der Waals surface area contributed by atoms with Crippen LogP contribution in [0.3, 0.4) is 0 Å². The molecule has 108 valence electrons. The van der Waals surface area contributed by atoms with E-state index in [-0.39, 0.29) is 18.7 Å². The highest BCUT2D eigenvalue weighted by atomic mass is 16.4. The summed E-state index contributed by atoms with van der Waals surface area (Å²) < 4.78 is 0. The summed E-state index contributed by atoms with van der Waals surface area (Å²) in [6.45, 7) is 0. The molecule has 0 spiro atoms. The molecule has 2 aromatic rings. The van der Waals surface area contributed by atoms with Crippen LogP contribution in [0, 0.1) is 0 Å². The number of amides is 1. The number of rotatable bonds is 6. The van der Waals surface area contributed by atoms with Crippen molar-refractivity contribution < 1.29 is 14.7 Å². The van der Waals surface area contributed by atoms with Crippen molar-refractivity contribution in [1.82, 2.24) is 5.32 Å². The van der Waals surface area contributed by atoms with E-state index in [4.69, 9.17) is 5.11 Å². The van der Waals surface area contributed by atoms with Gasteiger partial charge in [-0.3, -0.25) is 9.59 Å². The van der Waals surface area contributed by atoms with Crippen LogP contribution in [-0.4, -0.2) is 17.0 Å². The second-order valence-corrected chi connectivity index (χ2v) is 4.79. The molecule has 0 radical (unpaired) electrons. The molecular formula is C17H17NO3. The normalized spacial score (nSPS) is 11.6.